The molecule has 2 amide bonds. The molecule has 7 nitrogen and oxygen atoms in total. The maximum absolute atomic E-state index is 13.7. The first kappa shape index (κ1) is 29.6. The topological polar surface area (TPSA) is 88.2 Å². The van der Waals surface area contributed by atoms with Crippen LogP contribution in [0.15, 0.2) is 102 Å². The molecule has 0 atom stereocenters. The van der Waals surface area contributed by atoms with Crippen LogP contribution in [0.5, 0.6) is 5.75 Å². The molecule has 4 aromatic rings. The molecule has 0 radical (unpaired) electrons. The molecule has 0 saturated heterocycles. The van der Waals surface area contributed by atoms with Crippen LogP contribution >= 0.6 is 11.6 Å². The molecule has 0 saturated carbocycles. The summed E-state index contributed by atoms with van der Waals surface area (Å²) in [6.07, 6.45) is 6.09. The van der Waals surface area contributed by atoms with Crippen molar-refractivity contribution in [2.24, 2.45) is 0 Å². The lowest BCUT2D eigenvalue weighted by Crippen LogP contribution is -2.43. The Morgan fingerprint density at radius 3 is 2.47 bits per heavy atom. The van der Waals surface area contributed by atoms with Gasteiger partial charge >= 0.3 is 0 Å². The number of aromatic nitrogens is 2. The summed E-state index contributed by atoms with van der Waals surface area (Å²) in [5, 5.41) is 15.4. The number of carbonyl (C=O) groups excluding carboxylic acids is 2. The van der Waals surface area contributed by atoms with Crippen molar-refractivity contribution < 1.29 is 14.3 Å². The number of rotatable bonds is 10. The molecule has 8 heteroatoms. The number of hydrogen-bond donors (Lipinski definition) is 0. The number of halogens is 1. The maximum Gasteiger partial charge on any atom is 0.271 e. The third-order valence-electron chi connectivity index (χ3n) is 7.30. The van der Waals surface area contributed by atoms with Crippen molar-refractivity contribution >= 4 is 29.5 Å². The normalized spacial score (nSPS) is 14.4. The number of carbonyl (C=O) groups is 2. The molecule has 43 heavy (non-hydrogen) atoms. The summed E-state index contributed by atoms with van der Waals surface area (Å²) in [5.74, 6) is -0.287. The fourth-order valence-corrected chi connectivity index (χ4v) is 5.04. The summed E-state index contributed by atoms with van der Waals surface area (Å²) >= 11 is 6.01. The second-order valence-electron chi connectivity index (χ2n) is 10.3. The molecule has 0 fully saturated rings. The van der Waals surface area contributed by atoms with Crippen LogP contribution in [-0.2, 0) is 16.2 Å². The highest BCUT2D eigenvalue weighted by Gasteiger charge is 2.35. The summed E-state index contributed by atoms with van der Waals surface area (Å²) in [6, 6.07) is 26.8. The zero-order valence-electron chi connectivity index (χ0n) is 24.1. The van der Waals surface area contributed by atoms with Gasteiger partial charge in [-0.2, -0.15) is 10.4 Å². The highest BCUT2D eigenvalue weighted by Crippen LogP contribution is 2.32. The highest BCUT2D eigenvalue weighted by atomic mass is 35.5. The van der Waals surface area contributed by atoms with Gasteiger partial charge in [0.15, 0.2) is 0 Å². The molecule has 0 spiro atoms. The quantitative estimate of drug-likeness (QED) is 0.108. The first-order chi connectivity index (χ1) is 20.9. The minimum absolute atomic E-state index is 0.0167. The van der Waals surface area contributed by atoms with Crippen molar-refractivity contribution in [1.29, 1.82) is 5.26 Å². The molecular weight excluding hydrogens is 560 g/mol. The van der Waals surface area contributed by atoms with Crippen molar-refractivity contribution in [2.75, 3.05) is 6.54 Å². The van der Waals surface area contributed by atoms with Gasteiger partial charge in [0.1, 0.15) is 29.7 Å². The second kappa shape index (κ2) is 13.4. The predicted octanol–water partition coefficient (Wildman–Crippen LogP) is 7.55. The number of benzene rings is 3. The van der Waals surface area contributed by atoms with E-state index in [1.165, 1.54) is 4.90 Å². The molecule has 1 aliphatic heterocycles. The lowest BCUT2D eigenvalue weighted by molar-refractivity contribution is -0.140. The SMILES string of the molecule is CCCCCN1C(=O)C(C#N)=C(C)/C(=C\c2cn(-c3ccccc3)nc2-c2cccc(OCc3ccc(Cl)cc3)c2)C1=O. The summed E-state index contributed by atoms with van der Waals surface area (Å²) in [5.41, 5.74) is 4.56. The smallest absolute Gasteiger partial charge is 0.271 e. The molecule has 0 aliphatic carbocycles. The molecule has 2 heterocycles. The van der Waals surface area contributed by atoms with E-state index in [9.17, 15) is 14.9 Å². The molecule has 0 unspecified atom stereocenters. The first-order valence-corrected chi connectivity index (χ1v) is 14.6. The van der Waals surface area contributed by atoms with E-state index in [4.69, 9.17) is 21.4 Å². The Morgan fingerprint density at radius 2 is 1.74 bits per heavy atom. The summed E-state index contributed by atoms with van der Waals surface area (Å²) in [4.78, 5) is 27.9. The van der Waals surface area contributed by atoms with Crippen LogP contribution < -0.4 is 4.74 Å². The van der Waals surface area contributed by atoms with Crippen LogP contribution in [-0.4, -0.2) is 33.0 Å². The molecule has 5 rings (SSSR count). The Hall–Kier alpha value is -4.93. The Bertz CT molecular complexity index is 1750. The first-order valence-electron chi connectivity index (χ1n) is 14.2. The molecule has 216 valence electrons. The van der Waals surface area contributed by atoms with Gasteiger partial charge in [-0.1, -0.05) is 73.8 Å². The van der Waals surface area contributed by atoms with E-state index in [1.807, 2.05) is 91.1 Å². The van der Waals surface area contributed by atoms with E-state index >= 15 is 0 Å². The number of unbranched alkanes of at least 4 members (excludes halogenated alkanes) is 2. The van der Waals surface area contributed by atoms with Crippen molar-refractivity contribution in [3.63, 3.8) is 0 Å². The molecule has 0 bridgehead atoms. The lowest BCUT2D eigenvalue weighted by Gasteiger charge is -2.27. The number of nitriles is 1. The van der Waals surface area contributed by atoms with E-state index in [1.54, 1.807) is 17.7 Å². The van der Waals surface area contributed by atoms with Gasteiger partial charge in [0.2, 0.25) is 0 Å². The van der Waals surface area contributed by atoms with Crippen molar-refractivity contribution in [3.8, 4) is 28.8 Å². The number of para-hydroxylation sites is 1. The van der Waals surface area contributed by atoms with Gasteiger partial charge in [-0.15, -0.1) is 0 Å². The largest absolute Gasteiger partial charge is 0.489 e. The van der Waals surface area contributed by atoms with Crippen LogP contribution in [0.4, 0.5) is 0 Å². The summed E-state index contributed by atoms with van der Waals surface area (Å²) in [6.45, 7) is 4.34. The highest BCUT2D eigenvalue weighted by molar-refractivity contribution is 6.30. The summed E-state index contributed by atoms with van der Waals surface area (Å²) in [7, 11) is 0. The Kier molecular flexibility index (Phi) is 9.19. The van der Waals surface area contributed by atoms with E-state index in [0.717, 1.165) is 29.7 Å². The van der Waals surface area contributed by atoms with Crippen molar-refractivity contribution in [2.45, 2.75) is 39.7 Å². The second-order valence-corrected chi connectivity index (χ2v) is 10.7. The van der Waals surface area contributed by atoms with Gasteiger partial charge in [-0.3, -0.25) is 14.5 Å². The van der Waals surface area contributed by atoms with E-state index < -0.39 is 11.8 Å². The standard InChI is InChI=1S/C35H31ClN4O3/c1-3-4-8-18-39-34(41)31(24(2)32(21-37)35(39)42)20-27-22-40(29-11-6-5-7-12-29)38-33(27)26-10-9-13-30(19-26)43-23-25-14-16-28(36)17-15-25/h5-7,9-17,19-20,22H,3-4,8,18,23H2,1-2H3/b31-20+. The number of hydrogen-bond acceptors (Lipinski definition) is 5. The van der Waals surface area contributed by atoms with Gasteiger partial charge in [0.05, 0.1) is 5.69 Å². The fourth-order valence-electron chi connectivity index (χ4n) is 4.92. The van der Waals surface area contributed by atoms with Gasteiger partial charge in [0, 0.05) is 34.5 Å². The Morgan fingerprint density at radius 1 is 0.977 bits per heavy atom. The fraction of sp³-hybridized carbons (Fsp3) is 0.200. The zero-order chi connectivity index (χ0) is 30.3. The van der Waals surface area contributed by atoms with E-state index in [0.29, 0.717) is 46.2 Å². The van der Waals surface area contributed by atoms with Crippen LogP contribution in [0, 0.1) is 11.3 Å². The molecule has 0 N–H and O–H groups in total. The summed E-state index contributed by atoms with van der Waals surface area (Å²) < 4.78 is 7.83. The lowest BCUT2D eigenvalue weighted by atomic mass is 9.93. The van der Waals surface area contributed by atoms with Crippen LogP contribution in [0.1, 0.15) is 44.2 Å². The minimum atomic E-state index is -0.538. The van der Waals surface area contributed by atoms with Gasteiger partial charge < -0.3 is 4.74 Å². The van der Waals surface area contributed by atoms with Crippen LogP contribution in [0.2, 0.25) is 5.02 Å². The predicted molar refractivity (Wildman–Crippen MR) is 167 cm³/mol. The third-order valence-corrected chi connectivity index (χ3v) is 7.55. The maximum atomic E-state index is 13.7. The number of amides is 2. The minimum Gasteiger partial charge on any atom is -0.489 e. The Balaban J connectivity index is 1.56. The van der Waals surface area contributed by atoms with Crippen LogP contribution in [0.3, 0.4) is 0 Å². The molecule has 3 aromatic carbocycles. The molecule has 1 aliphatic rings. The molecular formula is C35H31ClN4O3. The Labute approximate surface area is 256 Å². The van der Waals surface area contributed by atoms with E-state index in [2.05, 4.69) is 6.92 Å². The number of ether oxygens (including phenoxy) is 1. The van der Waals surface area contributed by atoms with Gasteiger partial charge in [-0.25, -0.2) is 4.68 Å². The third kappa shape index (κ3) is 6.61. The molecule has 1 aromatic heterocycles. The monoisotopic (exact) mass is 590 g/mol. The van der Waals surface area contributed by atoms with Gasteiger partial charge in [-0.05, 0) is 67.0 Å². The van der Waals surface area contributed by atoms with Gasteiger partial charge in [0.25, 0.3) is 11.8 Å². The average molecular weight is 591 g/mol. The van der Waals surface area contributed by atoms with Crippen molar-refractivity contribution in [1.82, 2.24) is 14.7 Å². The van der Waals surface area contributed by atoms with Crippen LogP contribution in [0.25, 0.3) is 23.0 Å². The van der Waals surface area contributed by atoms with E-state index in [-0.39, 0.29) is 12.1 Å². The van der Waals surface area contributed by atoms with Crippen molar-refractivity contribution in [3.05, 3.63) is 118 Å². The number of imide groups is 1. The zero-order valence-corrected chi connectivity index (χ0v) is 24.8. The number of nitrogens with zero attached hydrogens (tertiary/aromatic N) is 4. The average Bonchev–Trinajstić information content (AvgIpc) is 3.45.